The van der Waals surface area contributed by atoms with Gasteiger partial charge in [0.15, 0.2) is 5.82 Å². The molecule has 32 heavy (non-hydrogen) atoms. The van der Waals surface area contributed by atoms with Gasteiger partial charge in [0, 0.05) is 11.4 Å². The molecular weight excluding hydrogens is 400 g/mol. The van der Waals surface area contributed by atoms with Crippen LogP contribution in [-0.2, 0) is 11.3 Å². The van der Waals surface area contributed by atoms with Gasteiger partial charge < -0.3 is 11.1 Å². The molecular formula is C25H34N6O. The summed E-state index contributed by atoms with van der Waals surface area (Å²) >= 11 is 0. The molecule has 3 rings (SSSR count). The lowest BCUT2D eigenvalue weighted by atomic mass is 9.94. The SMILES string of the molecule is CCCCCCn1nnc(C(C(=O)Nc2c(C)c(C)c(N)c(C)c2C)c2ccccc2)n1. The maximum absolute atomic E-state index is 13.6. The average molecular weight is 435 g/mol. The second-order valence-electron chi connectivity index (χ2n) is 8.43. The van der Waals surface area contributed by atoms with E-state index in [9.17, 15) is 4.79 Å². The van der Waals surface area contributed by atoms with Gasteiger partial charge in [-0.2, -0.15) is 4.80 Å². The maximum Gasteiger partial charge on any atom is 0.239 e. The Bertz CT molecular complexity index is 1040. The van der Waals surface area contributed by atoms with Crippen molar-refractivity contribution in [2.75, 3.05) is 11.1 Å². The number of carbonyl (C=O) groups excluding carboxylic acids is 1. The van der Waals surface area contributed by atoms with Crippen LogP contribution in [0.5, 0.6) is 0 Å². The molecule has 170 valence electrons. The number of nitrogens with two attached hydrogens (primary N) is 1. The maximum atomic E-state index is 13.6. The highest BCUT2D eigenvalue weighted by Crippen LogP contribution is 2.33. The first kappa shape index (κ1) is 23.4. The van der Waals surface area contributed by atoms with Crippen molar-refractivity contribution in [3.05, 3.63) is 64.0 Å². The van der Waals surface area contributed by atoms with Crippen molar-refractivity contribution in [1.82, 2.24) is 20.2 Å². The lowest BCUT2D eigenvalue weighted by molar-refractivity contribution is -0.116. The number of tetrazole rings is 1. The minimum Gasteiger partial charge on any atom is -0.398 e. The summed E-state index contributed by atoms with van der Waals surface area (Å²) in [6.07, 6.45) is 4.49. The van der Waals surface area contributed by atoms with Crippen LogP contribution in [0, 0.1) is 27.7 Å². The van der Waals surface area contributed by atoms with Crippen molar-refractivity contribution in [3.8, 4) is 0 Å². The molecule has 0 bridgehead atoms. The van der Waals surface area contributed by atoms with E-state index in [4.69, 9.17) is 5.73 Å². The number of anilines is 2. The zero-order valence-electron chi connectivity index (χ0n) is 19.8. The molecule has 0 radical (unpaired) electrons. The number of benzene rings is 2. The molecule has 3 N–H and O–H groups in total. The van der Waals surface area contributed by atoms with Crippen LogP contribution in [0.2, 0.25) is 0 Å². The quantitative estimate of drug-likeness (QED) is 0.371. The number of aromatic nitrogens is 4. The number of unbranched alkanes of at least 4 members (excludes halogenated alkanes) is 3. The van der Waals surface area contributed by atoms with Crippen molar-refractivity contribution in [2.45, 2.75) is 72.8 Å². The van der Waals surface area contributed by atoms with Gasteiger partial charge in [-0.05, 0) is 67.1 Å². The Morgan fingerprint density at radius 1 is 1.00 bits per heavy atom. The van der Waals surface area contributed by atoms with Crippen LogP contribution in [0.25, 0.3) is 0 Å². The van der Waals surface area contributed by atoms with Gasteiger partial charge in [0.25, 0.3) is 0 Å². The second kappa shape index (κ2) is 10.4. The molecule has 0 aliphatic rings. The van der Waals surface area contributed by atoms with Crippen LogP contribution >= 0.6 is 0 Å². The molecule has 7 heteroatoms. The molecule has 1 atom stereocenters. The molecule has 1 aromatic heterocycles. The van der Waals surface area contributed by atoms with E-state index < -0.39 is 5.92 Å². The summed E-state index contributed by atoms with van der Waals surface area (Å²) in [4.78, 5) is 15.2. The number of rotatable bonds is 9. The minimum atomic E-state index is -0.655. The number of hydrogen-bond donors (Lipinski definition) is 2. The predicted octanol–water partition coefficient (Wildman–Crippen LogP) is 4.84. The van der Waals surface area contributed by atoms with Crippen molar-refractivity contribution in [3.63, 3.8) is 0 Å². The topological polar surface area (TPSA) is 98.7 Å². The van der Waals surface area contributed by atoms with Gasteiger partial charge in [-0.15, -0.1) is 10.2 Å². The predicted molar refractivity (Wildman–Crippen MR) is 129 cm³/mol. The summed E-state index contributed by atoms with van der Waals surface area (Å²) in [7, 11) is 0. The molecule has 1 unspecified atom stereocenters. The summed E-state index contributed by atoms with van der Waals surface area (Å²) in [5.74, 6) is -0.433. The van der Waals surface area contributed by atoms with E-state index in [-0.39, 0.29) is 5.91 Å². The molecule has 0 saturated heterocycles. The van der Waals surface area contributed by atoms with Gasteiger partial charge in [0.05, 0.1) is 6.54 Å². The fourth-order valence-electron chi connectivity index (χ4n) is 3.93. The third kappa shape index (κ3) is 4.98. The van der Waals surface area contributed by atoms with E-state index in [2.05, 4.69) is 27.7 Å². The van der Waals surface area contributed by atoms with Crippen molar-refractivity contribution in [1.29, 1.82) is 0 Å². The van der Waals surface area contributed by atoms with Crippen LogP contribution in [0.15, 0.2) is 30.3 Å². The summed E-state index contributed by atoms with van der Waals surface area (Å²) in [5, 5.41) is 16.2. The first-order chi connectivity index (χ1) is 15.3. The van der Waals surface area contributed by atoms with Crippen LogP contribution in [0.4, 0.5) is 11.4 Å². The molecule has 2 aromatic carbocycles. The molecule has 0 saturated carbocycles. The molecule has 1 amide bonds. The monoisotopic (exact) mass is 434 g/mol. The number of hydrogen-bond acceptors (Lipinski definition) is 5. The highest BCUT2D eigenvalue weighted by atomic mass is 16.2. The van der Waals surface area contributed by atoms with E-state index in [1.54, 1.807) is 4.80 Å². The van der Waals surface area contributed by atoms with Crippen LogP contribution in [0.1, 0.15) is 72.2 Å². The lowest BCUT2D eigenvalue weighted by Gasteiger charge is -2.21. The first-order valence-corrected chi connectivity index (χ1v) is 11.3. The van der Waals surface area contributed by atoms with Crippen LogP contribution in [0.3, 0.4) is 0 Å². The van der Waals surface area contributed by atoms with E-state index in [1.807, 2.05) is 58.0 Å². The van der Waals surface area contributed by atoms with E-state index >= 15 is 0 Å². The number of nitrogens with one attached hydrogen (secondary N) is 1. The average Bonchev–Trinajstić information content (AvgIpc) is 3.26. The summed E-state index contributed by atoms with van der Waals surface area (Å²) in [5.41, 5.74) is 12.5. The first-order valence-electron chi connectivity index (χ1n) is 11.3. The number of amides is 1. The number of nitrogen functional groups attached to an aromatic ring is 1. The summed E-state index contributed by atoms with van der Waals surface area (Å²) in [6.45, 7) is 10.8. The van der Waals surface area contributed by atoms with Gasteiger partial charge in [-0.1, -0.05) is 56.5 Å². The van der Waals surface area contributed by atoms with Crippen LogP contribution in [-0.4, -0.2) is 26.1 Å². The number of carbonyl (C=O) groups is 1. The smallest absolute Gasteiger partial charge is 0.239 e. The molecule has 0 aliphatic carbocycles. The minimum absolute atomic E-state index is 0.184. The highest BCUT2D eigenvalue weighted by molar-refractivity contribution is 5.99. The van der Waals surface area contributed by atoms with E-state index in [0.717, 1.165) is 52.0 Å². The Hall–Kier alpha value is -3.22. The van der Waals surface area contributed by atoms with Gasteiger partial charge in [-0.25, -0.2) is 0 Å². The molecule has 0 fully saturated rings. The van der Waals surface area contributed by atoms with E-state index in [0.29, 0.717) is 12.4 Å². The largest absolute Gasteiger partial charge is 0.398 e. The van der Waals surface area contributed by atoms with Crippen LogP contribution < -0.4 is 11.1 Å². The second-order valence-corrected chi connectivity index (χ2v) is 8.43. The summed E-state index contributed by atoms with van der Waals surface area (Å²) < 4.78 is 0. The van der Waals surface area contributed by atoms with Crippen molar-refractivity contribution >= 4 is 17.3 Å². The standard InChI is InChI=1S/C25H34N6O/c1-6-7-8-12-15-31-29-24(28-30-31)21(20-13-10-9-11-14-20)25(32)27-23-18(4)16(2)22(26)17(3)19(23)5/h9-11,13-14,21H,6-8,12,15,26H2,1-5H3,(H,27,32). The Kier molecular flexibility index (Phi) is 7.62. The molecule has 0 aliphatic heterocycles. The zero-order valence-corrected chi connectivity index (χ0v) is 19.8. The fraction of sp³-hybridized carbons (Fsp3) is 0.440. The Morgan fingerprint density at radius 3 is 2.28 bits per heavy atom. The van der Waals surface area contributed by atoms with Gasteiger partial charge >= 0.3 is 0 Å². The van der Waals surface area contributed by atoms with E-state index in [1.165, 1.54) is 12.8 Å². The van der Waals surface area contributed by atoms with Gasteiger partial charge in [-0.3, -0.25) is 4.79 Å². The Labute approximate surface area is 190 Å². The molecule has 0 spiro atoms. The Balaban J connectivity index is 1.92. The van der Waals surface area contributed by atoms with Crippen molar-refractivity contribution < 1.29 is 4.79 Å². The zero-order chi connectivity index (χ0) is 23.3. The fourth-order valence-corrected chi connectivity index (χ4v) is 3.93. The third-order valence-corrected chi connectivity index (χ3v) is 6.26. The molecule has 7 nitrogen and oxygen atoms in total. The highest BCUT2D eigenvalue weighted by Gasteiger charge is 2.29. The third-order valence-electron chi connectivity index (χ3n) is 6.26. The molecule has 1 heterocycles. The molecule has 3 aromatic rings. The normalized spacial score (nSPS) is 12.0. The lowest BCUT2D eigenvalue weighted by Crippen LogP contribution is -2.25. The number of nitrogens with zero attached hydrogens (tertiary/aromatic N) is 4. The van der Waals surface area contributed by atoms with Gasteiger partial charge in [0.2, 0.25) is 5.91 Å². The summed E-state index contributed by atoms with van der Waals surface area (Å²) in [6, 6.07) is 9.60. The van der Waals surface area contributed by atoms with Crippen molar-refractivity contribution in [2.24, 2.45) is 0 Å². The Morgan fingerprint density at radius 2 is 1.66 bits per heavy atom. The number of aryl methyl sites for hydroxylation is 1. The van der Waals surface area contributed by atoms with Gasteiger partial charge in [0.1, 0.15) is 5.92 Å².